The van der Waals surface area contributed by atoms with Gasteiger partial charge in [-0.1, -0.05) is 57.9 Å². The average Bonchev–Trinajstić information content (AvgIpc) is 2.75. The summed E-state index contributed by atoms with van der Waals surface area (Å²) in [5.74, 6) is -0.156. The van der Waals surface area contributed by atoms with Gasteiger partial charge in [0, 0.05) is 16.2 Å². The van der Waals surface area contributed by atoms with Crippen molar-refractivity contribution < 1.29 is 17.9 Å². The molecular weight excluding hydrogens is 504 g/mol. The number of carbonyl (C=O) groups is 1. The topological polar surface area (TPSA) is 84.5 Å². The third-order valence-corrected chi connectivity index (χ3v) is 6.69. The first-order chi connectivity index (χ1) is 14.7. The fourth-order valence-corrected chi connectivity index (χ4v) is 4.57. The molecule has 3 aromatic rings. The van der Waals surface area contributed by atoms with Gasteiger partial charge in [0.15, 0.2) is 6.61 Å². The minimum Gasteiger partial charge on any atom is -0.482 e. The monoisotopic (exact) mass is 522 g/mol. The summed E-state index contributed by atoms with van der Waals surface area (Å²) in [6.45, 7) is 1.49. The van der Waals surface area contributed by atoms with E-state index in [0.717, 1.165) is 10.0 Å². The molecule has 3 aromatic carbocycles. The second-order valence-electron chi connectivity index (χ2n) is 6.69. The van der Waals surface area contributed by atoms with E-state index in [9.17, 15) is 13.2 Å². The molecule has 0 spiro atoms. The lowest BCUT2D eigenvalue weighted by molar-refractivity contribution is -0.118. The van der Waals surface area contributed by atoms with E-state index in [-0.39, 0.29) is 28.2 Å². The number of halogens is 2. The van der Waals surface area contributed by atoms with Crippen LogP contribution < -0.4 is 14.8 Å². The Labute approximate surface area is 194 Å². The lowest BCUT2D eigenvalue weighted by Gasteiger charge is -2.15. The van der Waals surface area contributed by atoms with E-state index in [1.54, 1.807) is 31.2 Å². The van der Waals surface area contributed by atoms with E-state index in [1.165, 1.54) is 18.2 Å². The molecule has 0 heterocycles. The Kier molecular flexibility index (Phi) is 7.72. The van der Waals surface area contributed by atoms with Crippen molar-refractivity contribution >= 4 is 49.1 Å². The summed E-state index contributed by atoms with van der Waals surface area (Å²) in [4.78, 5) is 12.1. The van der Waals surface area contributed by atoms with Crippen LogP contribution >= 0.6 is 27.5 Å². The Hall–Kier alpha value is -2.39. The van der Waals surface area contributed by atoms with Crippen LogP contribution in [-0.2, 0) is 14.8 Å². The summed E-state index contributed by atoms with van der Waals surface area (Å²) in [7, 11) is -3.80. The Morgan fingerprint density at radius 2 is 1.74 bits per heavy atom. The second-order valence-corrected chi connectivity index (χ2v) is 9.73. The van der Waals surface area contributed by atoms with Crippen LogP contribution in [0.1, 0.15) is 18.5 Å². The normalized spacial score (nSPS) is 12.2. The molecule has 2 N–H and O–H groups in total. The van der Waals surface area contributed by atoms with Crippen molar-refractivity contribution in [2.24, 2.45) is 0 Å². The SMILES string of the molecule is C[C@H](NS(=O)(=O)c1ccc(OCC(=O)Nc2ccc(Br)cc2)c(Cl)c1)c1ccccc1. The molecule has 1 atom stereocenters. The van der Waals surface area contributed by atoms with E-state index >= 15 is 0 Å². The maximum atomic E-state index is 12.7. The predicted octanol–water partition coefficient (Wildman–Crippen LogP) is 5.16. The van der Waals surface area contributed by atoms with Crippen LogP contribution in [0.3, 0.4) is 0 Å². The number of ether oxygens (including phenoxy) is 1. The Morgan fingerprint density at radius 1 is 1.06 bits per heavy atom. The quantitative estimate of drug-likeness (QED) is 0.427. The Bertz CT molecular complexity index is 1160. The summed E-state index contributed by atoms with van der Waals surface area (Å²) in [6.07, 6.45) is 0. The smallest absolute Gasteiger partial charge is 0.262 e. The number of sulfonamides is 1. The first kappa shape index (κ1) is 23.3. The van der Waals surface area contributed by atoms with Gasteiger partial charge in [-0.2, -0.15) is 0 Å². The number of nitrogens with one attached hydrogen (secondary N) is 2. The average molecular weight is 524 g/mol. The molecule has 3 rings (SSSR count). The number of benzene rings is 3. The predicted molar refractivity (Wildman–Crippen MR) is 125 cm³/mol. The fourth-order valence-electron chi connectivity index (χ4n) is 2.75. The number of hydrogen-bond acceptors (Lipinski definition) is 4. The highest BCUT2D eigenvalue weighted by Crippen LogP contribution is 2.28. The maximum Gasteiger partial charge on any atom is 0.262 e. The zero-order chi connectivity index (χ0) is 22.4. The molecule has 0 bridgehead atoms. The summed E-state index contributed by atoms with van der Waals surface area (Å²) in [5, 5.41) is 2.79. The third-order valence-electron chi connectivity index (χ3n) is 4.33. The number of carbonyl (C=O) groups excluding carboxylic acids is 1. The molecule has 0 fully saturated rings. The molecule has 6 nitrogen and oxygen atoms in total. The van der Waals surface area contributed by atoms with E-state index in [1.807, 2.05) is 30.3 Å². The Balaban J connectivity index is 1.62. The highest BCUT2D eigenvalue weighted by molar-refractivity contribution is 9.10. The van der Waals surface area contributed by atoms with E-state index in [0.29, 0.717) is 5.69 Å². The van der Waals surface area contributed by atoms with E-state index < -0.39 is 16.1 Å². The van der Waals surface area contributed by atoms with Crippen LogP contribution in [-0.4, -0.2) is 20.9 Å². The van der Waals surface area contributed by atoms with Crippen LogP contribution in [0.4, 0.5) is 5.69 Å². The molecule has 0 unspecified atom stereocenters. The van der Waals surface area contributed by atoms with Gasteiger partial charge in [-0.15, -0.1) is 0 Å². The highest BCUT2D eigenvalue weighted by Gasteiger charge is 2.20. The van der Waals surface area contributed by atoms with Crippen molar-refractivity contribution in [1.82, 2.24) is 4.72 Å². The maximum absolute atomic E-state index is 12.7. The molecule has 0 saturated carbocycles. The van der Waals surface area contributed by atoms with Crippen LogP contribution in [0.5, 0.6) is 5.75 Å². The van der Waals surface area contributed by atoms with Gasteiger partial charge < -0.3 is 10.1 Å². The van der Waals surface area contributed by atoms with Crippen LogP contribution in [0.15, 0.2) is 82.2 Å². The lowest BCUT2D eigenvalue weighted by atomic mass is 10.1. The highest BCUT2D eigenvalue weighted by atomic mass is 79.9. The Morgan fingerprint density at radius 3 is 2.39 bits per heavy atom. The molecule has 0 aliphatic heterocycles. The van der Waals surface area contributed by atoms with Crippen molar-refractivity contribution in [1.29, 1.82) is 0 Å². The molecular formula is C22H20BrClN2O4S. The largest absolute Gasteiger partial charge is 0.482 e. The zero-order valence-corrected chi connectivity index (χ0v) is 19.7. The van der Waals surface area contributed by atoms with Crippen LogP contribution in [0, 0.1) is 0 Å². The van der Waals surface area contributed by atoms with Crippen molar-refractivity contribution in [3.05, 3.63) is 87.9 Å². The summed E-state index contributed by atoms with van der Waals surface area (Å²) in [5.41, 5.74) is 1.47. The first-order valence-corrected chi connectivity index (χ1v) is 11.9. The molecule has 0 saturated heterocycles. The van der Waals surface area contributed by atoms with Gasteiger partial charge in [-0.05, 0) is 55.0 Å². The van der Waals surface area contributed by atoms with Gasteiger partial charge in [0.2, 0.25) is 10.0 Å². The molecule has 9 heteroatoms. The number of hydrogen-bond donors (Lipinski definition) is 2. The van der Waals surface area contributed by atoms with Crippen molar-refractivity contribution in [2.45, 2.75) is 17.9 Å². The fraction of sp³-hybridized carbons (Fsp3) is 0.136. The molecule has 0 aliphatic rings. The first-order valence-electron chi connectivity index (χ1n) is 9.29. The second kappa shape index (κ2) is 10.3. The van der Waals surface area contributed by atoms with E-state index in [4.69, 9.17) is 16.3 Å². The molecule has 31 heavy (non-hydrogen) atoms. The minimum absolute atomic E-state index is 0.00643. The number of anilines is 1. The summed E-state index contributed by atoms with van der Waals surface area (Å²) >= 11 is 9.52. The van der Waals surface area contributed by atoms with Crippen molar-refractivity contribution in [3.63, 3.8) is 0 Å². The summed E-state index contributed by atoms with van der Waals surface area (Å²) in [6, 6.07) is 20.0. The van der Waals surface area contributed by atoms with Gasteiger partial charge in [-0.25, -0.2) is 13.1 Å². The van der Waals surface area contributed by atoms with Crippen molar-refractivity contribution in [2.75, 3.05) is 11.9 Å². The lowest BCUT2D eigenvalue weighted by Crippen LogP contribution is -2.27. The van der Waals surface area contributed by atoms with Crippen LogP contribution in [0.25, 0.3) is 0 Å². The van der Waals surface area contributed by atoms with Gasteiger partial charge >= 0.3 is 0 Å². The molecule has 0 radical (unpaired) electrons. The molecule has 0 aromatic heterocycles. The number of rotatable bonds is 8. The van der Waals surface area contributed by atoms with Crippen LogP contribution in [0.2, 0.25) is 5.02 Å². The molecule has 0 aliphatic carbocycles. The van der Waals surface area contributed by atoms with Gasteiger partial charge in [0.25, 0.3) is 5.91 Å². The standard InChI is InChI=1S/C22H20BrClN2O4S/c1-15(16-5-3-2-4-6-16)26-31(28,29)19-11-12-21(20(24)13-19)30-14-22(27)25-18-9-7-17(23)8-10-18/h2-13,15,26H,14H2,1H3,(H,25,27)/t15-/m0/s1. The van der Waals surface area contributed by atoms with Gasteiger partial charge in [0.1, 0.15) is 5.75 Å². The van der Waals surface area contributed by atoms with Gasteiger partial charge in [-0.3, -0.25) is 4.79 Å². The molecule has 1 amide bonds. The number of amides is 1. The summed E-state index contributed by atoms with van der Waals surface area (Å²) < 4.78 is 34.4. The van der Waals surface area contributed by atoms with Gasteiger partial charge in [0.05, 0.1) is 9.92 Å². The minimum atomic E-state index is -3.80. The molecule has 162 valence electrons. The zero-order valence-electron chi connectivity index (χ0n) is 16.5. The third kappa shape index (κ3) is 6.54. The van der Waals surface area contributed by atoms with Crippen molar-refractivity contribution in [3.8, 4) is 5.75 Å². The van der Waals surface area contributed by atoms with E-state index in [2.05, 4.69) is 26.0 Å².